The van der Waals surface area contributed by atoms with Crippen molar-refractivity contribution in [2.75, 3.05) is 7.11 Å². The lowest BCUT2D eigenvalue weighted by molar-refractivity contribution is 0.0754. The number of methoxy groups -OCH3 is 1. The second-order valence-corrected chi connectivity index (χ2v) is 6.42. The van der Waals surface area contributed by atoms with Crippen molar-refractivity contribution in [2.45, 2.75) is 77.0 Å². The van der Waals surface area contributed by atoms with E-state index in [1.165, 1.54) is 44.9 Å². The molecule has 0 radical (unpaired) electrons. The summed E-state index contributed by atoms with van der Waals surface area (Å²) in [6.45, 7) is 4.80. The Kier molecular flexibility index (Phi) is 3.91. The lowest BCUT2D eigenvalue weighted by Gasteiger charge is -2.36. The Labute approximate surface area is 100 Å². The van der Waals surface area contributed by atoms with Crippen LogP contribution in [0, 0.1) is 5.41 Å². The molecule has 0 heterocycles. The van der Waals surface area contributed by atoms with Crippen LogP contribution in [0.25, 0.3) is 0 Å². The highest BCUT2D eigenvalue weighted by Gasteiger charge is 2.32. The summed E-state index contributed by atoms with van der Waals surface area (Å²) in [7, 11) is 1.86. The van der Waals surface area contributed by atoms with E-state index in [-0.39, 0.29) is 0 Å². The van der Waals surface area contributed by atoms with Gasteiger partial charge in [-0.05, 0) is 50.4 Å². The van der Waals surface area contributed by atoms with Gasteiger partial charge in [-0.1, -0.05) is 13.8 Å². The van der Waals surface area contributed by atoms with Crippen LogP contribution in [0.5, 0.6) is 0 Å². The minimum absolute atomic E-state index is 0.468. The highest BCUT2D eigenvalue weighted by molar-refractivity contribution is 4.89. The Hall–Kier alpha value is -0.0800. The van der Waals surface area contributed by atoms with Gasteiger partial charge in [0.2, 0.25) is 0 Å². The van der Waals surface area contributed by atoms with Crippen LogP contribution in [0.3, 0.4) is 0 Å². The first-order valence-corrected chi connectivity index (χ1v) is 6.89. The number of ether oxygens (including phenoxy) is 1. The van der Waals surface area contributed by atoms with Crippen molar-refractivity contribution in [1.82, 2.24) is 5.32 Å². The Morgan fingerprint density at radius 3 is 2.38 bits per heavy atom. The third-order valence-corrected chi connectivity index (χ3v) is 4.54. The van der Waals surface area contributed by atoms with Crippen molar-refractivity contribution >= 4 is 0 Å². The molecule has 0 spiro atoms. The van der Waals surface area contributed by atoms with E-state index in [9.17, 15) is 0 Å². The minimum atomic E-state index is 0.468. The molecule has 2 fully saturated rings. The van der Waals surface area contributed by atoms with Crippen LogP contribution in [0.1, 0.15) is 58.8 Å². The van der Waals surface area contributed by atoms with Gasteiger partial charge in [0.1, 0.15) is 0 Å². The van der Waals surface area contributed by atoms with Crippen LogP contribution in [-0.2, 0) is 4.74 Å². The molecule has 1 N–H and O–H groups in total. The number of hydrogen-bond acceptors (Lipinski definition) is 2. The van der Waals surface area contributed by atoms with Gasteiger partial charge in [-0.25, -0.2) is 0 Å². The van der Waals surface area contributed by atoms with Crippen LogP contribution < -0.4 is 5.32 Å². The van der Waals surface area contributed by atoms with Gasteiger partial charge in [-0.15, -0.1) is 0 Å². The molecule has 0 aliphatic heterocycles. The molecule has 0 amide bonds. The summed E-state index contributed by atoms with van der Waals surface area (Å²) in [5.41, 5.74) is 0.578. The number of rotatable bonds is 3. The summed E-state index contributed by atoms with van der Waals surface area (Å²) in [6, 6.07) is 1.37. The molecule has 0 aromatic rings. The van der Waals surface area contributed by atoms with Crippen LogP contribution in [0.15, 0.2) is 0 Å². The maximum absolute atomic E-state index is 5.54. The topological polar surface area (TPSA) is 21.3 Å². The molecule has 2 nitrogen and oxygen atoms in total. The maximum Gasteiger partial charge on any atom is 0.0724 e. The zero-order valence-corrected chi connectivity index (χ0v) is 11.1. The fourth-order valence-electron chi connectivity index (χ4n) is 3.27. The average molecular weight is 225 g/mol. The number of nitrogens with one attached hydrogen (secondary N) is 1. The third kappa shape index (κ3) is 2.98. The molecule has 2 aliphatic carbocycles. The van der Waals surface area contributed by atoms with Crippen molar-refractivity contribution < 1.29 is 4.74 Å². The Balaban J connectivity index is 1.78. The second-order valence-electron chi connectivity index (χ2n) is 6.42. The lowest BCUT2D eigenvalue weighted by Crippen LogP contribution is -2.45. The fourth-order valence-corrected chi connectivity index (χ4v) is 3.27. The van der Waals surface area contributed by atoms with E-state index >= 15 is 0 Å². The summed E-state index contributed by atoms with van der Waals surface area (Å²) < 4.78 is 5.54. The maximum atomic E-state index is 5.54. The Bertz CT molecular complexity index is 217. The zero-order chi connectivity index (χ0) is 11.6. The standard InChI is InChI=1S/C14H27NO/c1-14(2)9-7-11(8-10-14)15-12-5-4-6-13(12)16-3/h11-13,15H,4-10H2,1-3H3. The van der Waals surface area contributed by atoms with Crippen LogP contribution >= 0.6 is 0 Å². The largest absolute Gasteiger partial charge is 0.380 e. The molecule has 0 aromatic carbocycles. The van der Waals surface area contributed by atoms with Gasteiger partial charge in [0.15, 0.2) is 0 Å². The van der Waals surface area contributed by atoms with Gasteiger partial charge in [-0.2, -0.15) is 0 Å². The van der Waals surface area contributed by atoms with E-state index in [0.29, 0.717) is 17.6 Å². The van der Waals surface area contributed by atoms with Crippen molar-refractivity contribution in [3.8, 4) is 0 Å². The van der Waals surface area contributed by atoms with Gasteiger partial charge in [0.25, 0.3) is 0 Å². The molecule has 0 aromatic heterocycles. The van der Waals surface area contributed by atoms with Gasteiger partial charge in [0.05, 0.1) is 6.10 Å². The average Bonchev–Trinajstić information content (AvgIpc) is 2.68. The first-order chi connectivity index (χ1) is 7.61. The van der Waals surface area contributed by atoms with E-state index in [1.54, 1.807) is 0 Å². The van der Waals surface area contributed by atoms with Crippen LogP contribution in [0.2, 0.25) is 0 Å². The fraction of sp³-hybridized carbons (Fsp3) is 1.00. The van der Waals surface area contributed by atoms with E-state index in [4.69, 9.17) is 4.74 Å². The molecule has 2 rings (SSSR count). The van der Waals surface area contributed by atoms with E-state index < -0.39 is 0 Å². The molecule has 0 saturated heterocycles. The molecular formula is C14H27NO. The molecule has 0 bridgehead atoms. The Morgan fingerprint density at radius 2 is 1.75 bits per heavy atom. The molecule has 2 atom stereocenters. The SMILES string of the molecule is COC1CCCC1NC1CCC(C)(C)CC1. The predicted octanol–water partition coefficient (Wildman–Crippen LogP) is 3.11. The van der Waals surface area contributed by atoms with E-state index in [0.717, 1.165) is 6.04 Å². The molecule has 2 heteroatoms. The van der Waals surface area contributed by atoms with E-state index in [1.807, 2.05) is 7.11 Å². The summed E-state index contributed by atoms with van der Waals surface area (Å²) >= 11 is 0. The van der Waals surface area contributed by atoms with Crippen molar-refractivity contribution in [2.24, 2.45) is 5.41 Å². The summed E-state index contributed by atoms with van der Waals surface area (Å²) in [4.78, 5) is 0. The molecule has 16 heavy (non-hydrogen) atoms. The highest BCUT2D eigenvalue weighted by atomic mass is 16.5. The predicted molar refractivity (Wildman–Crippen MR) is 67.6 cm³/mol. The third-order valence-electron chi connectivity index (χ3n) is 4.54. The molecule has 2 unspecified atom stereocenters. The first-order valence-electron chi connectivity index (χ1n) is 6.89. The summed E-state index contributed by atoms with van der Waals surface area (Å²) in [5.74, 6) is 0. The first kappa shape index (κ1) is 12.4. The van der Waals surface area contributed by atoms with Crippen LogP contribution in [-0.4, -0.2) is 25.3 Å². The molecule has 2 aliphatic rings. The van der Waals surface area contributed by atoms with Crippen molar-refractivity contribution in [1.29, 1.82) is 0 Å². The lowest BCUT2D eigenvalue weighted by atomic mass is 9.75. The van der Waals surface area contributed by atoms with E-state index in [2.05, 4.69) is 19.2 Å². The van der Waals surface area contributed by atoms with Gasteiger partial charge >= 0.3 is 0 Å². The quantitative estimate of drug-likeness (QED) is 0.797. The molecule has 2 saturated carbocycles. The molecular weight excluding hydrogens is 198 g/mol. The zero-order valence-electron chi connectivity index (χ0n) is 11.1. The number of hydrogen-bond donors (Lipinski definition) is 1. The second kappa shape index (κ2) is 5.05. The highest BCUT2D eigenvalue weighted by Crippen LogP contribution is 2.35. The van der Waals surface area contributed by atoms with Gasteiger partial charge < -0.3 is 10.1 Å². The monoisotopic (exact) mass is 225 g/mol. The van der Waals surface area contributed by atoms with Crippen molar-refractivity contribution in [3.05, 3.63) is 0 Å². The molecule has 94 valence electrons. The normalized spacial score (nSPS) is 35.4. The smallest absolute Gasteiger partial charge is 0.0724 e. The summed E-state index contributed by atoms with van der Waals surface area (Å²) in [6.07, 6.45) is 9.78. The van der Waals surface area contributed by atoms with Gasteiger partial charge in [0, 0.05) is 19.2 Å². The van der Waals surface area contributed by atoms with Crippen molar-refractivity contribution in [3.63, 3.8) is 0 Å². The Morgan fingerprint density at radius 1 is 1.06 bits per heavy atom. The summed E-state index contributed by atoms with van der Waals surface area (Å²) in [5, 5.41) is 3.83. The minimum Gasteiger partial charge on any atom is -0.380 e. The van der Waals surface area contributed by atoms with Crippen LogP contribution in [0.4, 0.5) is 0 Å². The van der Waals surface area contributed by atoms with Gasteiger partial charge in [-0.3, -0.25) is 0 Å².